The van der Waals surface area contributed by atoms with E-state index in [0.29, 0.717) is 6.54 Å². The molecule has 1 aliphatic rings. The quantitative estimate of drug-likeness (QED) is 0.626. The zero-order valence-corrected chi connectivity index (χ0v) is 8.25. The molecule has 4 nitrogen and oxygen atoms in total. The van der Waals surface area contributed by atoms with Crippen LogP contribution in [0.1, 0.15) is 25.7 Å². The first-order valence-electron chi connectivity index (χ1n) is 4.98. The molecular weight excluding hydrogens is 166 g/mol. The first kappa shape index (κ1) is 10.3. The van der Waals surface area contributed by atoms with Crippen LogP contribution in [-0.4, -0.2) is 37.1 Å². The van der Waals surface area contributed by atoms with Crippen molar-refractivity contribution in [1.82, 2.24) is 10.2 Å². The van der Waals surface area contributed by atoms with E-state index in [2.05, 4.69) is 5.32 Å². The topological polar surface area (TPSA) is 58.4 Å². The molecule has 0 spiro atoms. The molecule has 0 saturated carbocycles. The van der Waals surface area contributed by atoms with Crippen LogP contribution in [0.5, 0.6) is 0 Å². The molecule has 0 radical (unpaired) electrons. The number of nitrogens with one attached hydrogen (secondary N) is 1. The van der Waals surface area contributed by atoms with Crippen molar-refractivity contribution in [2.75, 3.05) is 20.1 Å². The molecule has 1 unspecified atom stereocenters. The van der Waals surface area contributed by atoms with Crippen molar-refractivity contribution in [2.24, 2.45) is 5.73 Å². The summed E-state index contributed by atoms with van der Waals surface area (Å²) in [5, 5.41) is 2.66. The molecule has 1 fully saturated rings. The highest BCUT2D eigenvalue weighted by Crippen LogP contribution is 2.15. The Kier molecular flexibility index (Phi) is 4.02. The summed E-state index contributed by atoms with van der Waals surface area (Å²) in [6.07, 6.45) is 4.55. The van der Waals surface area contributed by atoms with Crippen LogP contribution in [0.3, 0.4) is 0 Å². The van der Waals surface area contributed by atoms with Crippen LogP contribution >= 0.6 is 0 Å². The lowest BCUT2D eigenvalue weighted by Crippen LogP contribution is -2.47. The Hall–Kier alpha value is -0.770. The SMILES string of the molecule is CNC(=O)N1CCCCCC1CN. The maximum Gasteiger partial charge on any atom is 0.317 e. The second kappa shape index (κ2) is 5.07. The first-order chi connectivity index (χ1) is 6.29. The van der Waals surface area contributed by atoms with Crippen LogP contribution in [0.15, 0.2) is 0 Å². The van der Waals surface area contributed by atoms with E-state index < -0.39 is 0 Å². The van der Waals surface area contributed by atoms with Gasteiger partial charge >= 0.3 is 6.03 Å². The lowest BCUT2D eigenvalue weighted by atomic mass is 10.1. The number of likely N-dealkylation sites (tertiary alicyclic amines) is 1. The summed E-state index contributed by atoms with van der Waals surface area (Å²) in [4.78, 5) is 13.3. The fourth-order valence-electron chi connectivity index (χ4n) is 1.83. The number of carbonyl (C=O) groups excluding carboxylic acids is 1. The normalized spacial score (nSPS) is 23.8. The summed E-state index contributed by atoms with van der Waals surface area (Å²) in [5.41, 5.74) is 5.63. The molecule has 1 heterocycles. The molecule has 0 aliphatic carbocycles. The Balaban J connectivity index is 2.58. The molecule has 0 aromatic heterocycles. The first-order valence-corrected chi connectivity index (χ1v) is 4.98. The van der Waals surface area contributed by atoms with E-state index in [9.17, 15) is 4.79 Å². The van der Waals surface area contributed by atoms with Crippen molar-refractivity contribution in [3.63, 3.8) is 0 Å². The standard InChI is InChI=1S/C9H19N3O/c1-11-9(13)12-6-4-2-3-5-8(12)7-10/h8H,2-7,10H2,1H3,(H,11,13). The average molecular weight is 185 g/mol. The third-order valence-corrected chi connectivity index (χ3v) is 2.62. The second-order valence-corrected chi connectivity index (χ2v) is 3.49. The van der Waals surface area contributed by atoms with E-state index >= 15 is 0 Å². The number of nitrogens with two attached hydrogens (primary N) is 1. The van der Waals surface area contributed by atoms with Gasteiger partial charge in [-0.3, -0.25) is 0 Å². The van der Waals surface area contributed by atoms with Crippen LogP contribution < -0.4 is 11.1 Å². The molecule has 2 amide bonds. The van der Waals surface area contributed by atoms with Crippen molar-refractivity contribution >= 4 is 6.03 Å². The minimum Gasteiger partial charge on any atom is -0.341 e. The van der Waals surface area contributed by atoms with Gasteiger partial charge in [0.1, 0.15) is 0 Å². The molecular formula is C9H19N3O. The monoisotopic (exact) mass is 185 g/mol. The van der Waals surface area contributed by atoms with Gasteiger partial charge in [-0.1, -0.05) is 12.8 Å². The number of hydrogen-bond donors (Lipinski definition) is 2. The maximum atomic E-state index is 11.4. The maximum absolute atomic E-state index is 11.4. The van der Waals surface area contributed by atoms with Gasteiger partial charge in [0.25, 0.3) is 0 Å². The Morgan fingerprint density at radius 3 is 2.92 bits per heavy atom. The van der Waals surface area contributed by atoms with Crippen LogP contribution in [0.25, 0.3) is 0 Å². The molecule has 3 N–H and O–H groups in total. The zero-order chi connectivity index (χ0) is 9.68. The molecule has 0 bridgehead atoms. The lowest BCUT2D eigenvalue weighted by Gasteiger charge is -2.28. The molecule has 0 aromatic carbocycles. The molecule has 0 aromatic rings. The van der Waals surface area contributed by atoms with E-state index in [1.807, 2.05) is 4.90 Å². The number of nitrogens with zero attached hydrogens (tertiary/aromatic N) is 1. The predicted molar refractivity (Wildman–Crippen MR) is 52.5 cm³/mol. The van der Waals surface area contributed by atoms with Gasteiger partial charge in [0, 0.05) is 26.2 Å². The van der Waals surface area contributed by atoms with Crippen LogP contribution in [0, 0.1) is 0 Å². The summed E-state index contributed by atoms with van der Waals surface area (Å²) >= 11 is 0. The van der Waals surface area contributed by atoms with Crippen LogP contribution in [0.4, 0.5) is 4.79 Å². The molecule has 1 rings (SSSR count). The summed E-state index contributed by atoms with van der Waals surface area (Å²) in [7, 11) is 1.67. The number of hydrogen-bond acceptors (Lipinski definition) is 2. The van der Waals surface area contributed by atoms with Crippen LogP contribution in [0.2, 0.25) is 0 Å². The average Bonchev–Trinajstić information content (AvgIpc) is 2.41. The van der Waals surface area contributed by atoms with Gasteiger partial charge in [0.15, 0.2) is 0 Å². The van der Waals surface area contributed by atoms with E-state index in [1.54, 1.807) is 7.05 Å². The third kappa shape index (κ3) is 2.59. The van der Waals surface area contributed by atoms with Gasteiger partial charge in [-0.25, -0.2) is 4.79 Å². The van der Waals surface area contributed by atoms with Crippen molar-refractivity contribution in [3.05, 3.63) is 0 Å². The summed E-state index contributed by atoms with van der Waals surface area (Å²) in [5.74, 6) is 0. The Morgan fingerprint density at radius 2 is 2.31 bits per heavy atom. The number of carbonyl (C=O) groups is 1. The van der Waals surface area contributed by atoms with Crippen LogP contribution in [-0.2, 0) is 0 Å². The molecule has 13 heavy (non-hydrogen) atoms. The Morgan fingerprint density at radius 1 is 1.54 bits per heavy atom. The Labute approximate surface area is 79.5 Å². The zero-order valence-electron chi connectivity index (χ0n) is 8.25. The fraction of sp³-hybridized carbons (Fsp3) is 0.889. The Bertz CT molecular complexity index is 172. The van der Waals surface area contributed by atoms with Gasteiger partial charge in [-0.2, -0.15) is 0 Å². The number of amides is 2. The lowest BCUT2D eigenvalue weighted by molar-refractivity contribution is 0.179. The van der Waals surface area contributed by atoms with Crippen molar-refractivity contribution in [1.29, 1.82) is 0 Å². The van der Waals surface area contributed by atoms with Gasteiger partial charge in [0.2, 0.25) is 0 Å². The highest BCUT2D eigenvalue weighted by molar-refractivity contribution is 5.74. The third-order valence-electron chi connectivity index (χ3n) is 2.62. The number of rotatable bonds is 1. The molecule has 76 valence electrons. The summed E-state index contributed by atoms with van der Waals surface area (Å²) < 4.78 is 0. The second-order valence-electron chi connectivity index (χ2n) is 3.49. The minimum atomic E-state index is 0.0114. The van der Waals surface area contributed by atoms with E-state index in [0.717, 1.165) is 19.4 Å². The van der Waals surface area contributed by atoms with Gasteiger partial charge in [-0.15, -0.1) is 0 Å². The summed E-state index contributed by atoms with van der Waals surface area (Å²) in [6, 6.07) is 0.250. The van der Waals surface area contributed by atoms with Gasteiger partial charge in [-0.05, 0) is 12.8 Å². The molecule has 1 atom stereocenters. The predicted octanol–water partition coefficient (Wildman–Crippen LogP) is 0.529. The highest BCUT2D eigenvalue weighted by atomic mass is 16.2. The van der Waals surface area contributed by atoms with Crippen molar-refractivity contribution in [3.8, 4) is 0 Å². The molecule has 1 saturated heterocycles. The summed E-state index contributed by atoms with van der Waals surface area (Å²) in [6.45, 7) is 1.43. The molecule has 1 aliphatic heterocycles. The van der Waals surface area contributed by atoms with Crippen molar-refractivity contribution in [2.45, 2.75) is 31.7 Å². The van der Waals surface area contributed by atoms with E-state index in [1.165, 1.54) is 12.8 Å². The highest BCUT2D eigenvalue weighted by Gasteiger charge is 2.22. The van der Waals surface area contributed by atoms with E-state index in [-0.39, 0.29) is 12.1 Å². The minimum absolute atomic E-state index is 0.0114. The van der Waals surface area contributed by atoms with Gasteiger partial charge < -0.3 is 16.0 Å². The van der Waals surface area contributed by atoms with Gasteiger partial charge in [0.05, 0.1) is 0 Å². The fourth-order valence-corrected chi connectivity index (χ4v) is 1.83. The number of urea groups is 1. The van der Waals surface area contributed by atoms with E-state index in [4.69, 9.17) is 5.73 Å². The largest absolute Gasteiger partial charge is 0.341 e. The smallest absolute Gasteiger partial charge is 0.317 e. The molecule has 4 heteroatoms. The van der Waals surface area contributed by atoms with Crippen molar-refractivity contribution < 1.29 is 4.79 Å².